The van der Waals surface area contributed by atoms with E-state index in [-0.39, 0.29) is 29.9 Å². The number of hydrogen-bond acceptors (Lipinski definition) is 3. The number of halogens is 4. The van der Waals surface area contributed by atoms with E-state index in [0.29, 0.717) is 32.1 Å². The molecule has 0 saturated carbocycles. The van der Waals surface area contributed by atoms with Crippen LogP contribution in [0.5, 0.6) is 0 Å². The minimum Gasteiger partial charge on any atom is -0.356 e. The number of rotatable bonds is 5. The number of aliphatic imine (C=N–C) groups is 1. The monoisotopic (exact) mass is 462 g/mol. The standard InChI is InChI=1S/C14H21F3N4S.HI/c1-18-13(20-7-12-3-5-22-9-12)19-6-11-2-4-21(8-11)10-14(15,16)17;/h3,5,9,11H,2,4,6-8,10H2,1H3,(H2,18,19,20);1H. The predicted molar refractivity (Wildman–Crippen MR) is 98.5 cm³/mol. The lowest BCUT2D eigenvalue weighted by Gasteiger charge is -2.18. The maximum Gasteiger partial charge on any atom is 0.401 e. The van der Waals surface area contributed by atoms with E-state index in [1.165, 1.54) is 10.5 Å². The highest BCUT2D eigenvalue weighted by atomic mass is 127. The fourth-order valence-electron chi connectivity index (χ4n) is 2.52. The zero-order chi connectivity index (χ0) is 16.0. The summed E-state index contributed by atoms with van der Waals surface area (Å²) in [5.74, 6) is 0.905. The van der Waals surface area contributed by atoms with Crippen molar-refractivity contribution in [2.45, 2.75) is 19.1 Å². The molecule has 0 aliphatic carbocycles. The summed E-state index contributed by atoms with van der Waals surface area (Å²) in [5, 5.41) is 10.5. The number of alkyl halides is 3. The summed E-state index contributed by atoms with van der Waals surface area (Å²) in [5.41, 5.74) is 1.19. The Kier molecular flexibility index (Phi) is 8.62. The molecule has 2 heterocycles. The van der Waals surface area contributed by atoms with Crippen molar-refractivity contribution in [3.63, 3.8) is 0 Å². The highest BCUT2D eigenvalue weighted by Gasteiger charge is 2.34. The molecule has 132 valence electrons. The second-order valence-electron chi connectivity index (χ2n) is 5.44. The van der Waals surface area contributed by atoms with Gasteiger partial charge in [0.15, 0.2) is 5.96 Å². The first kappa shape index (κ1) is 20.5. The summed E-state index contributed by atoms with van der Waals surface area (Å²) >= 11 is 1.64. The van der Waals surface area contributed by atoms with Crippen molar-refractivity contribution in [3.05, 3.63) is 22.4 Å². The zero-order valence-corrected chi connectivity index (χ0v) is 16.0. The highest BCUT2D eigenvalue weighted by molar-refractivity contribution is 14.0. The van der Waals surface area contributed by atoms with Crippen molar-refractivity contribution >= 4 is 41.3 Å². The van der Waals surface area contributed by atoms with Gasteiger partial charge in [0, 0.05) is 26.7 Å². The van der Waals surface area contributed by atoms with Crippen molar-refractivity contribution in [1.29, 1.82) is 0 Å². The van der Waals surface area contributed by atoms with Gasteiger partial charge >= 0.3 is 6.18 Å². The molecular formula is C14H22F3IN4S. The molecule has 1 saturated heterocycles. The Bertz CT molecular complexity index is 479. The Labute approximate surface area is 155 Å². The van der Waals surface area contributed by atoms with E-state index >= 15 is 0 Å². The summed E-state index contributed by atoms with van der Waals surface area (Å²) in [6, 6.07) is 2.04. The van der Waals surface area contributed by atoms with Gasteiger partial charge in [-0.2, -0.15) is 24.5 Å². The number of guanidine groups is 1. The molecule has 1 aromatic heterocycles. The van der Waals surface area contributed by atoms with E-state index in [0.717, 1.165) is 6.42 Å². The molecule has 0 amide bonds. The summed E-state index contributed by atoms with van der Waals surface area (Å²) in [4.78, 5) is 5.60. The molecule has 1 unspecified atom stereocenters. The van der Waals surface area contributed by atoms with Gasteiger partial charge < -0.3 is 10.6 Å². The van der Waals surface area contributed by atoms with E-state index in [1.807, 2.05) is 11.4 Å². The summed E-state index contributed by atoms with van der Waals surface area (Å²) in [6.07, 6.45) is -3.33. The molecule has 0 aromatic carbocycles. The quantitative estimate of drug-likeness (QED) is 0.402. The predicted octanol–water partition coefficient (Wildman–Crippen LogP) is 2.92. The van der Waals surface area contributed by atoms with Crippen molar-refractivity contribution in [2.75, 3.05) is 33.2 Å². The van der Waals surface area contributed by atoms with Gasteiger partial charge in [0.25, 0.3) is 0 Å². The van der Waals surface area contributed by atoms with Crippen LogP contribution in [0.2, 0.25) is 0 Å². The van der Waals surface area contributed by atoms with E-state index in [2.05, 4.69) is 21.0 Å². The fraction of sp³-hybridized carbons (Fsp3) is 0.643. The third kappa shape index (κ3) is 7.71. The van der Waals surface area contributed by atoms with Crippen molar-refractivity contribution in [3.8, 4) is 0 Å². The maximum absolute atomic E-state index is 12.4. The van der Waals surface area contributed by atoms with Gasteiger partial charge in [-0.15, -0.1) is 24.0 Å². The molecule has 2 rings (SSSR count). The first-order valence-corrected chi connectivity index (χ1v) is 8.15. The van der Waals surface area contributed by atoms with Gasteiger partial charge in [0.05, 0.1) is 6.54 Å². The van der Waals surface area contributed by atoms with Gasteiger partial charge in [-0.05, 0) is 41.3 Å². The first-order valence-electron chi connectivity index (χ1n) is 7.21. The number of nitrogens with one attached hydrogen (secondary N) is 2. The summed E-state index contributed by atoms with van der Waals surface area (Å²) < 4.78 is 37.1. The summed E-state index contributed by atoms with van der Waals surface area (Å²) in [6.45, 7) is 1.50. The fourth-order valence-corrected chi connectivity index (χ4v) is 3.19. The molecule has 0 spiro atoms. The second-order valence-corrected chi connectivity index (χ2v) is 6.22. The van der Waals surface area contributed by atoms with Crippen LogP contribution in [0, 0.1) is 5.92 Å². The van der Waals surface area contributed by atoms with Crippen LogP contribution in [0.15, 0.2) is 21.8 Å². The molecule has 0 radical (unpaired) electrons. The largest absolute Gasteiger partial charge is 0.401 e. The van der Waals surface area contributed by atoms with Crippen LogP contribution >= 0.6 is 35.3 Å². The number of thiophene rings is 1. The molecule has 1 aliphatic heterocycles. The number of hydrogen-bond donors (Lipinski definition) is 2. The van der Waals surface area contributed by atoms with Crippen LogP contribution in [-0.4, -0.2) is 50.3 Å². The lowest BCUT2D eigenvalue weighted by Crippen LogP contribution is -2.40. The molecule has 1 aliphatic rings. The van der Waals surface area contributed by atoms with Crippen LogP contribution in [0.4, 0.5) is 13.2 Å². The van der Waals surface area contributed by atoms with Crippen LogP contribution < -0.4 is 10.6 Å². The molecule has 4 nitrogen and oxygen atoms in total. The first-order chi connectivity index (χ1) is 10.5. The normalized spacial score (nSPS) is 19.5. The van der Waals surface area contributed by atoms with E-state index < -0.39 is 12.7 Å². The second kappa shape index (κ2) is 9.67. The third-order valence-corrected chi connectivity index (χ3v) is 4.33. The van der Waals surface area contributed by atoms with Crippen LogP contribution in [0.1, 0.15) is 12.0 Å². The van der Waals surface area contributed by atoms with E-state index in [4.69, 9.17) is 0 Å². The zero-order valence-electron chi connectivity index (χ0n) is 12.9. The lowest BCUT2D eigenvalue weighted by atomic mass is 10.1. The molecule has 0 bridgehead atoms. The Morgan fingerprint density at radius 1 is 1.43 bits per heavy atom. The Morgan fingerprint density at radius 3 is 2.83 bits per heavy atom. The van der Waals surface area contributed by atoms with Crippen molar-refractivity contribution in [2.24, 2.45) is 10.9 Å². The van der Waals surface area contributed by atoms with Crippen molar-refractivity contribution < 1.29 is 13.2 Å². The Balaban J connectivity index is 0.00000264. The number of likely N-dealkylation sites (tertiary alicyclic amines) is 1. The topological polar surface area (TPSA) is 39.7 Å². The maximum atomic E-state index is 12.4. The van der Waals surface area contributed by atoms with Gasteiger partial charge in [-0.1, -0.05) is 0 Å². The Morgan fingerprint density at radius 2 is 2.22 bits per heavy atom. The van der Waals surface area contributed by atoms with Crippen LogP contribution in [-0.2, 0) is 6.54 Å². The molecule has 9 heteroatoms. The van der Waals surface area contributed by atoms with E-state index in [9.17, 15) is 13.2 Å². The SMILES string of the molecule is CN=C(NCc1ccsc1)NCC1CCN(CC(F)(F)F)C1.I. The van der Waals surface area contributed by atoms with Gasteiger partial charge in [-0.3, -0.25) is 9.89 Å². The smallest absolute Gasteiger partial charge is 0.356 e. The molecule has 23 heavy (non-hydrogen) atoms. The molecular weight excluding hydrogens is 440 g/mol. The van der Waals surface area contributed by atoms with Crippen LogP contribution in [0.3, 0.4) is 0 Å². The van der Waals surface area contributed by atoms with Crippen LogP contribution in [0.25, 0.3) is 0 Å². The van der Waals surface area contributed by atoms with Gasteiger partial charge in [-0.25, -0.2) is 0 Å². The average Bonchev–Trinajstić information content (AvgIpc) is 3.09. The average molecular weight is 462 g/mol. The van der Waals surface area contributed by atoms with Gasteiger partial charge in [0.2, 0.25) is 0 Å². The molecule has 1 aromatic rings. The molecule has 2 N–H and O–H groups in total. The third-order valence-electron chi connectivity index (χ3n) is 3.59. The van der Waals surface area contributed by atoms with E-state index in [1.54, 1.807) is 18.4 Å². The highest BCUT2D eigenvalue weighted by Crippen LogP contribution is 2.22. The molecule has 1 atom stereocenters. The number of nitrogens with zero attached hydrogens (tertiary/aromatic N) is 2. The van der Waals surface area contributed by atoms with Gasteiger partial charge in [0.1, 0.15) is 0 Å². The minimum absolute atomic E-state index is 0. The summed E-state index contributed by atoms with van der Waals surface area (Å²) in [7, 11) is 1.69. The molecule has 1 fully saturated rings. The lowest BCUT2D eigenvalue weighted by molar-refractivity contribution is -0.143. The Hall–Kier alpha value is -0.550. The van der Waals surface area contributed by atoms with Crippen molar-refractivity contribution in [1.82, 2.24) is 15.5 Å². The minimum atomic E-state index is -4.11.